The summed E-state index contributed by atoms with van der Waals surface area (Å²) in [7, 11) is 1.63. The normalized spacial score (nSPS) is 10.6. The molecule has 2 aromatic heterocycles. The van der Waals surface area contributed by atoms with Crippen molar-refractivity contribution in [3.05, 3.63) is 84.2 Å². The number of carbonyl (C=O) groups excluding carboxylic acids is 1. The first kappa shape index (κ1) is 19.3. The first-order valence-corrected chi connectivity index (χ1v) is 9.58. The van der Waals surface area contributed by atoms with Crippen molar-refractivity contribution in [2.45, 2.75) is 6.42 Å². The molecule has 0 atom stereocenters. The fourth-order valence-corrected chi connectivity index (χ4v) is 3.10. The van der Waals surface area contributed by atoms with Gasteiger partial charge in [0.1, 0.15) is 5.75 Å². The summed E-state index contributed by atoms with van der Waals surface area (Å²) in [4.78, 5) is 16.7. The highest BCUT2D eigenvalue weighted by Gasteiger charge is 2.09. The molecule has 0 unspecified atom stereocenters. The van der Waals surface area contributed by atoms with Gasteiger partial charge in [-0.3, -0.25) is 9.78 Å². The zero-order valence-electron chi connectivity index (χ0n) is 16.5. The van der Waals surface area contributed by atoms with Crippen molar-refractivity contribution in [1.82, 2.24) is 20.5 Å². The number of anilines is 2. The molecule has 0 fully saturated rings. The molecule has 30 heavy (non-hydrogen) atoms. The highest BCUT2D eigenvalue weighted by atomic mass is 16.5. The molecule has 2 heterocycles. The topological polar surface area (TPSA) is 89.0 Å². The van der Waals surface area contributed by atoms with E-state index in [0.29, 0.717) is 18.8 Å². The van der Waals surface area contributed by atoms with Gasteiger partial charge in [0.05, 0.1) is 18.3 Å². The van der Waals surface area contributed by atoms with E-state index >= 15 is 0 Å². The van der Waals surface area contributed by atoms with Crippen LogP contribution in [-0.2, 0) is 6.42 Å². The predicted molar refractivity (Wildman–Crippen MR) is 116 cm³/mol. The van der Waals surface area contributed by atoms with E-state index in [9.17, 15) is 4.79 Å². The number of hydrogen-bond donors (Lipinski definition) is 2. The highest BCUT2D eigenvalue weighted by Crippen LogP contribution is 2.23. The van der Waals surface area contributed by atoms with E-state index in [0.717, 1.165) is 27.9 Å². The maximum atomic E-state index is 12.3. The Morgan fingerprint density at radius 3 is 2.70 bits per heavy atom. The van der Waals surface area contributed by atoms with Crippen molar-refractivity contribution in [2.75, 3.05) is 19.0 Å². The molecule has 2 aromatic carbocycles. The Labute approximate surface area is 174 Å². The molecule has 0 spiro atoms. The minimum Gasteiger partial charge on any atom is -0.497 e. The van der Waals surface area contributed by atoms with Crippen LogP contribution in [0, 0.1) is 0 Å². The van der Waals surface area contributed by atoms with Crippen LogP contribution < -0.4 is 15.4 Å². The van der Waals surface area contributed by atoms with E-state index in [4.69, 9.17) is 4.74 Å². The number of benzene rings is 2. The van der Waals surface area contributed by atoms with Gasteiger partial charge in [0.15, 0.2) is 11.5 Å². The zero-order chi connectivity index (χ0) is 20.8. The number of rotatable bonds is 7. The summed E-state index contributed by atoms with van der Waals surface area (Å²) in [6, 6.07) is 20.9. The first-order valence-electron chi connectivity index (χ1n) is 9.58. The first-order chi connectivity index (χ1) is 14.7. The number of pyridine rings is 1. The number of nitrogens with zero attached hydrogens (tertiary/aromatic N) is 3. The minimum atomic E-state index is -0.260. The van der Waals surface area contributed by atoms with Gasteiger partial charge in [-0.15, -0.1) is 10.2 Å². The van der Waals surface area contributed by atoms with Crippen LogP contribution in [0.2, 0.25) is 0 Å². The van der Waals surface area contributed by atoms with E-state index in [1.807, 2.05) is 54.6 Å². The third kappa shape index (κ3) is 4.52. The van der Waals surface area contributed by atoms with Gasteiger partial charge in [0, 0.05) is 18.1 Å². The molecule has 0 aliphatic carbocycles. The maximum absolute atomic E-state index is 12.3. The number of ether oxygens (including phenoxy) is 1. The number of hydrogen-bond acceptors (Lipinski definition) is 6. The average molecular weight is 399 g/mol. The summed E-state index contributed by atoms with van der Waals surface area (Å²) in [5.74, 6) is 1.08. The summed E-state index contributed by atoms with van der Waals surface area (Å²) in [5, 5.41) is 15.3. The number of carbonyl (C=O) groups is 1. The number of aromatic nitrogens is 3. The van der Waals surface area contributed by atoms with Crippen molar-refractivity contribution in [2.24, 2.45) is 0 Å². The molecule has 0 radical (unpaired) electrons. The third-order valence-electron chi connectivity index (χ3n) is 4.63. The number of methoxy groups -OCH3 is 1. The summed E-state index contributed by atoms with van der Waals surface area (Å²) >= 11 is 0. The Morgan fingerprint density at radius 1 is 1.00 bits per heavy atom. The van der Waals surface area contributed by atoms with Gasteiger partial charge in [-0.05, 0) is 48.4 Å². The van der Waals surface area contributed by atoms with E-state index < -0.39 is 0 Å². The molecule has 150 valence electrons. The SMILES string of the molecule is COc1cccc(CCNC(=O)c2ccc(Nc3cccc4cccnc34)nn2)c1. The van der Waals surface area contributed by atoms with Gasteiger partial charge < -0.3 is 15.4 Å². The van der Waals surface area contributed by atoms with Crippen molar-refractivity contribution >= 4 is 28.3 Å². The molecular formula is C23H21N5O2. The molecule has 0 saturated heterocycles. The number of para-hydroxylation sites is 1. The Bertz CT molecular complexity index is 1160. The van der Waals surface area contributed by atoms with Gasteiger partial charge in [-0.25, -0.2) is 0 Å². The van der Waals surface area contributed by atoms with Crippen molar-refractivity contribution < 1.29 is 9.53 Å². The van der Waals surface area contributed by atoms with Crippen LogP contribution in [0.3, 0.4) is 0 Å². The second kappa shape index (κ2) is 9.00. The van der Waals surface area contributed by atoms with Crippen molar-refractivity contribution in [1.29, 1.82) is 0 Å². The highest BCUT2D eigenvalue weighted by molar-refractivity contribution is 5.93. The van der Waals surface area contributed by atoms with Crippen LogP contribution in [0.1, 0.15) is 16.1 Å². The van der Waals surface area contributed by atoms with Crippen LogP contribution in [0.25, 0.3) is 10.9 Å². The largest absolute Gasteiger partial charge is 0.497 e. The molecule has 2 N–H and O–H groups in total. The molecule has 0 saturated carbocycles. The number of fused-ring (bicyclic) bond motifs is 1. The van der Waals surface area contributed by atoms with E-state index in [1.54, 1.807) is 25.4 Å². The quantitative estimate of drug-likeness (QED) is 0.492. The average Bonchev–Trinajstić information content (AvgIpc) is 2.80. The van der Waals surface area contributed by atoms with Crippen LogP contribution >= 0.6 is 0 Å². The van der Waals surface area contributed by atoms with Gasteiger partial charge in [0.25, 0.3) is 5.91 Å². The lowest BCUT2D eigenvalue weighted by Gasteiger charge is -2.09. The monoisotopic (exact) mass is 399 g/mol. The smallest absolute Gasteiger partial charge is 0.271 e. The Balaban J connectivity index is 1.36. The van der Waals surface area contributed by atoms with Crippen LogP contribution in [0.15, 0.2) is 72.9 Å². The van der Waals surface area contributed by atoms with E-state index in [2.05, 4.69) is 25.8 Å². The fourth-order valence-electron chi connectivity index (χ4n) is 3.10. The molecule has 7 heteroatoms. The molecule has 4 aromatic rings. The van der Waals surface area contributed by atoms with Crippen LogP contribution in [-0.4, -0.2) is 34.7 Å². The molecule has 0 bridgehead atoms. The maximum Gasteiger partial charge on any atom is 0.271 e. The molecule has 0 aliphatic rings. The Morgan fingerprint density at radius 2 is 1.87 bits per heavy atom. The molecule has 4 rings (SSSR count). The lowest BCUT2D eigenvalue weighted by molar-refractivity contribution is 0.0948. The summed E-state index contributed by atoms with van der Waals surface area (Å²) in [6.07, 6.45) is 2.45. The van der Waals surface area contributed by atoms with Crippen LogP contribution in [0.5, 0.6) is 5.75 Å². The molecule has 0 aliphatic heterocycles. The van der Waals surface area contributed by atoms with Gasteiger partial charge in [-0.1, -0.05) is 30.3 Å². The molecule has 1 amide bonds. The zero-order valence-corrected chi connectivity index (χ0v) is 16.5. The summed E-state index contributed by atoms with van der Waals surface area (Å²) < 4.78 is 5.21. The number of nitrogens with one attached hydrogen (secondary N) is 2. The number of amides is 1. The van der Waals surface area contributed by atoms with Gasteiger partial charge in [-0.2, -0.15) is 0 Å². The summed E-state index contributed by atoms with van der Waals surface area (Å²) in [5.41, 5.74) is 3.03. The van der Waals surface area contributed by atoms with E-state index in [1.165, 1.54) is 0 Å². The van der Waals surface area contributed by atoms with Crippen LogP contribution in [0.4, 0.5) is 11.5 Å². The van der Waals surface area contributed by atoms with E-state index in [-0.39, 0.29) is 11.6 Å². The lowest BCUT2D eigenvalue weighted by atomic mass is 10.1. The van der Waals surface area contributed by atoms with Crippen molar-refractivity contribution in [3.63, 3.8) is 0 Å². The Kier molecular flexibility index (Phi) is 5.80. The molecule has 7 nitrogen and oxygen atoms in total. The standard InChI is InChI=1S/C23H21N5O2/c1-30-18-8-2-5-16(15-18)12-14-25-23(29)20-10-11-21(28-27-20)26-19-9-3-6-17-7-4-13-24-22(17)19/h2-11,13,15H,12,14H2,1H3,(H,25,29)(H,26,28). The predicted octanol–water partition coefficient (Wildman–Crippen LogP) is 3.75. The second-order valence-corrected chi connectivity index (χ2v) is 6.67. The van der Waals surface area contributed by atoms with Gasteiger partial charge >= 0.3 is 0 Å². The third-order valence-corrected chi connectivity index (χ3v) is 4.63. The second-order valence-electron chi connectivity index (χ2n) is 6.67. The van der Waals surface area contributed by atoms with Gasteiger partial charge in [0.2, 0.25) is 0 Å². The molecular weight excluding hydrogens is 378 g/mol. The Hall–Kier alpha value is -4.00. The fraction of sp³-hybridized carbons (Fsp3) is 0.130. The summed E-state index contributed by atoms with van der Waals surface area (Å²) in [6.45, 7) is 0.495. The lowest BCUT2D eigenvalue weighted by Crippen LogP contribution is -2.26. The van der Waals surface area contributed by atoms with Crippen molar-refractivity contribution in [3.8, 4) is 5.75 Å². The minimum absolute atomic E-state index is 0.260.